The Morgan fingerprint density at radius 2 is 1.78 bits per heavy atom. The van der Waals surface area contributed by atoms with Crippen molar-refractivity contribution in [2.24, 2.45) is 0 Å². The molecule has 1 unspecified atom stereocenters. The molecule has 0 radical (unpaired) electrons. The lowest BCUT2D eigenvalue weighted by Crippen LogP contribution is -2.36. The van der Waals surface area contributed by atoms with Gasteiger partial charge in [0, 0.05) is 13.1 Å². The van der Waals surface area contributed by atoms with Crippen LogP contribution in [0, 0.1) is 13.8 Å². The van der Waals surface area contributed by atoms with Gasteiger partial charge in [-0.2, -0.15) is 0 Å². The SMILES string of the molecule is CCC(c1nc2ccccc2c(=O)n1-c1ccc(C)cc1C)N(C)C(=O)c1ccc(OC)cc1OC. The van der Waals surface area contributed by atoms with Crippen LogP contribution in [0.5, 0.6) is 11.5 Å². The van der Waals surface area contributed by atoms with Gasteiger partial charge in [-0.3, -0.25) is 14.2 Å². The Balaban J connectivity index is 1.91. The number of carbonyl (C=O) groups is 1. The Morgan fingerprint density at radius 1 is 1.03 bits per heavy atom. The number of benzene rings is 3. The number of hydrogen-bond acceptors (Lipinski definition) is 5. The van der Waals surface area contributed by atoms with E-state index >= 15 is 0 Å². The number of methoxy groups -OCH3 is 2. The second-order valence-electron chi connectivity index (χ2n) is 8.82. The van der Waals surface area contributed by atoms with E-state index in [4.69, 9.17) is 14.5 Å². The largest absolute Gasteiger partial charge is 0.497 e. The third-order valence-electron chi connectivity index (χ3n) is 6.51. The summed E-state index contributed by atoms with van der Waals surface area (Å²) in [5.74, 6) is 1.28. The number of aromatic nitrogens is 2. The Labute approximate surface area is 210 Å². The molecule has 0 spiro atoms. The van der Waals surface area contributed by atoms with Gasteiger partial charge in [0.2, 0.25) is 0 Å². The van der Waals surface area contributed by atoms with E-state index in [1.165, 1.54) is 7.11 Å². The van der Waals surface area contributed by atoms with Crippen LogP contribution in [0.15, 0.2) is 65.5 Å². The van der Waals surface area contributed by atoms with Crippen molar-refractivity contribution in [1.29, 1.82) is 0 Å². The summed E-state index contributed by atoms with van der Waals surface area (Å²) in [5.41, 5.74) is 3.64. The fourth-order valence-corrected chi connectivity index (χ4v) is 4.60. The van der Waals surface area contributed by atoms with Crippen molar-refractivity contribution in [3.05, 3.63) is 93.5 Å². The molecule has 0 aliphatic heterocycles. The molecule has 4 aromatic rings. The van der Waals surface area contributed by atoms with Gasteiger partial charge in [-0.05, 0) is 56.2 Å². The van der Waals surface area contributed by atoms with Gasteiger partial charge in [0.15, 0.2) is 0 Å². The lowest BCUT2D eigenvalue weighted by Gasteiger charge is -2.30. The Morgan fingerprint density at radius 3 is 2.44 bits per heavy atom. The van der Waals surface area contributed by atoms with E-state index in [1.807, 2.05) is 57.2 Å². The quantitative estimate of drug-likeness (QED) is 0.358. The van der Waals surface area contributed by atoms with Crippen molar-refractivity contribution in [1.82, 2.24) is 14.5 Å². The highest BCUT2D eigenvalue weighted by atomic mass is 16.5. The highest BCUT2D eigenvalue weighted by molar-refractivity contribution is 5.97. The summed E-state index contributed by atoms with van der Waals surface area (Å²) in [7, 11) is 4.81. The third-order valence-corrected chi connectivity index (χ3v) is 6.51. The lowest BCUT2D eigenvalue weighted by molar-refractivity contribution is 0.0713. The third kappa shape index (κ3) is 4.44. The molecule has 7 heteroatoms. The molecule has 0 fully saturated rings. The van der Waals surface area contributed by atoms with Gasteiger partial charge in [0.05, 0.1) is 42.4 Å². The first-order valence-corrected chi connectivity index (χ1v) is 11.9. The molecule has 1 amide bonds. The molecular formula is C29H31N3O4. The average Bonchev–Trinajstić information content (AvgIpc) is 2.89. The maximum atomic E-state index is 13.8. The van der Waals surface area contributed by atoms with Crippen molar-refractivity contribution in [2.45, 2.75) is 33.2 Å². The topological polar surface area (TPSA) is 73.7 Å². The molecule has 1 heterocycles. The Hall–Kier alpha value is -4.13. The zero-order valence-corrected chi connectivity index (χ0v) is 21.5. The first-order chi connectivity index (χ1) is 17.3. The van der Waals surface area contributed by atoms with Gasteiger partial charge in [-0.15, -0.1) is 0 Å². The summed E-state index contributed by atoms with van der Waals surface area (Å²) < 4.78 is 12.4. The van der Waals surface area contributed by atoms with Crippen LogP contribution in [0.3, 0.4) is 0 Å². The Kier molecular flexibility index (Phi) is 7.10. The smallest absolute Gasteiger partial charge is 0.266 e. The van der Waals surface area contributed by atoms with Crippen molar-refractivity contribution in [2.75, 3.05) is 21.3 Å². The first kappa shape index (κ1) is 25.0. The summed E-state index contributed by atoms with van der Waals surface area (Å²) >= 11 is 0. The fraction of sp³-hybridized carbons (Fsp3) is 0.276. The van der Waals surface area contributed by atoms with Gasteiger partial charge < -0.3 is 14.4 Å². The molecule has 3 aromatic carbocycles. The molecule has 0 N–H and O–H groups in total. The lowest BCUT2D eigenvalue weighted by atomic mass is 10.1. The predicted octanol–water partition coefficient (Wildman–Crippen LogP) is 5.24. The van der Waals surface area contributed by atoms with E-state index in [0.717, 1.165) is 16.8 Å². The maximum Gasteiger partial charge on any atom is 0.266 e. The van der Waals surface area contributed by atoms with Crippen molar-refractivity contribution in [3.8, 4) is 17.2 Å². The van der Waals surface area contributed by atoms with Crippen LogP contribution in [0.25, 0.3) is 16.6 Å². The molecule has 0 aliphatic carbocycles. The monoisotopic (exact) mass is 485 g/mol. The van der Waals surface area contributed by atoms with E-state index in [9.17, 15) is 9.59 Å². The second kappa shape index (κ2) is 10.2. The molecule has 0 aliphatic rings. The maximum absolute atomic E-state index is 13.8. The van der Waals surface area contributed by atoms with Crippen LogP contribution in [-0.2, 0) is 0 Å². The Bertz CT molecular complexity index is 1490. The number of aryl methyl sites for hydroxylation is 2. The number of fused-ring (bicyclic) bond motifs is 1. The van der Waals surface area contributed by atoms with Crippen LogP contribution in [0.4, 0.5) is 0 Å². The van der Waals surface area contributed by atoms with E-state index in [0.29, 0.717) is 40.2 Å². The number of ether oxygens (including phenoxy) is 2. The molecule has 0 saturated carbocycles. The predicted molar refractivity (Wildman–Crippen MR) is 141 cm³/mol. The van der Waals surface area contributed by atoms with E-state index in [2.05, 4.69) is 0 Å². The summed E-state index contributed by atoms with van der Waals surface area (Å²) in [6.07, 6.45) is 0.552. The first-order valence-electron chi connectivity index (χ1n) is 11.9. The minimum Gasteiger partial charge on any atom is -0.497 e. The summed E-state index contributed by atoms with van der Waals surface area (Å²) in [5, 5.41) is 0.530. The minimum atomic E-state index is -0.470. The molecule has 4 rings (SSSR count). The van der Waals surface area contributed by atoms with Crippen LogP contribution < -0.4 is 15.0 Å². The van der Waals surface area contributed by atoms with Gasteiger partial charge in [0.1, 0.15) is 17.3 Å². The molecule has 0 saturated heterocycles. The van der Waals surface area contributed by atoms with Crippen LogP contribution in [0.1, 0.15) is 46.7 Å². The fourth-order valence-electron chi connectivity index (χ4n) is 4.60. The minimum absolute atomic E-state index is 0.163. The van der Waals surface area contributed by atoms with Gasteiger partial charge in [0.25, 0.3) is 11.5 Å². The van der Waals surface area contributed by atoms with Gasteiger partial charge in [-0.1, -0.05) is 36.8 Å². The number of hydrogen-bond donors (Lipinski definition) is 0. The summed E-state index contributed by atoms with van der Waals surface area (Å²) in [6.45, 7) is 5.97. The summed E-state index contributed by atoms with van der Waals surface area (Å²) in [4.78, 5) is 34.1. The van der Waals surface area contributed by atoms with Gasteiger partial charge >= 0.3 is 0 Å². The van der Waals surface area contributed by atoms with E-state index in [-0.39, 0.29) is 11.5 Å². The second-order valence-corrected chi connectivity index (χ2v) is 8.82. The number of amides is 1. The summed E-state index contributed by atoms with van der Waals surface area (Å²) in [6, 6.07) is 17.9. The number of carbonyl (C=O) groups excluding carboxylic acids is 1. The van der Waals surface area contributed by atoms with Crippen molar-refractivity contribution in [3.63, 3.8) is 0 Å². The van der Waals surface area contributed by atoms with E-state index in [1.54, 1.807) is 47.9 Å². The van der Waals surface area contributed by atoms with Crippen molar-refractivity contribution >= 4 is 16.8 Å². The standard InChI is InChI=1S/C29H31N3O4/c1-7-24(31(4)28(33)22-14-13-20(35-5)17-26(22)36-6)27-30-23-11-9-8-10-21(23)29(34)32(27)25-15-12-18(2)16-19(25)3/h8-17,24H,7H2,1-6H3. The van der Waals surface area contributed by atoms with E-state index < -0.39 is 6.04 Å². The zero-order chi connectivity index (χ0) is 26.0. The molecule has 1 atom stereocenters. The van der Waals surface area contributed by atoms with Gasteiger partial charge in [-0.25, -0.2) is 4.98 Å². The normalized spacial score (nSPS) is 11.8. The highest BCUT2D eigenvalue weighted by Crippen LogP contribution is 2.31. The van der Waals surface area contributed by atoms with Crippen LogP contribution in [-0.4, -0.2) is 41.6 Å². The molecule has 7 nitrogen and oxygen atoms in total. The molecule has 1 aromatic heterocycles. The highest BCUT2D eigenvalue weighted by Gasteiger charge is 2.29. The zero-order valence-electron chi connectivity index (χ0n) is 21.5. The molecular weight excluding hydrogens is 454 g/mol. The molecule has 36 heavy (non-hydrogen) atoms. The number of para-hydroxylation sites is 1. The molecule has 186 valence electrons. The number of nitrogens with zero attached hydrogens (tertiary/aromatic N) is 3. The molecule has 0 bridgehead atoms. The van der Waals surface area contributed by atoms with Crippen molar-refractivity contribution < 1.29 is 14.3 Å². The van der Waals surface area contributed by atoms with Crippen LogP contribution in [0.2, 0.25) is 0 Å². The average molecular weight is 486 g/mol. The van der Waals surface area contributed by atoms with Crippen LogP contribution >= 0.6 is 0 Å². The number of rotatable bonds is 7.